The second-order valence-corrected chi connectivity index (χ2v) is 5.11. The average Bonchev–Trinajstić information content (AvgIpc) is 3.02. The highest BCUT2D eigenvalue weighted by atomic mass is 32.1. The Kier molecular flexibility index (Phi) is 2.33. The van der Waals surface area contributed by atoms with Gasteiger partial charge in [0.1, 0.15) is 5.69 Å². The summed E-state index contributed by atoms with van der Waals surface area (Å²) in [4.78, 5) is 1.26. The van der Waals surface area contributed by atoms with Crippen LogP contribution in [0.25, 0.3) is 10.6 Å². The van der Waals surface area contributed by atoms with E-state index >= 15 is 0 Å². The van der Waals surface area contributed by atoms with Gasteiger partial charge in [-0.3, -0.25) is 5.10 Å². The smallest absolute Gasteiger partial charge is 0.102 e. The van der Waals surface area contributed by atoms with Crippen LogP contribution in [0.3, 0.4) is 0 Å². The van der Waals surface area contributed by atoms with E-state index in [2.05, 4.69) is 33.8 Å². The van der Waals surface area contributed by atoms with Crippen molar-refractivity contribution in [3.8, 4) is 10.6 Å². The molecule has 0 radical (unpaired) electrons. The average molecular weight is 218 g/mol. The fourth-order valence-electron chi connectivity index (χ4n) is 2.33. The zero-order chi connectivity index (χ0) is 10.1. The minimum absolute atomic E-state index is 0.728. The molecule has 3 rings (SSSR count). The summed E-state index contributed by atoms with van der Waals surface area (Å²) in [6.07, 6.45) is 5.40. The van der Waals surface area contributed by atoms with Gasteiger partial charge in [0.15, 0.2) is 0 Å². The van der Waals surface area contributed by atoms with Crippen molar-refractivity contribution in [2.45, 2.75) is 31.6 Å². The quantitative estimate of drug-likeness (QED) is 0.816. The number of aromatic amines is 1. The SMILES string of the molecule is c1csc(-c2cc(C3CCCC3)[nH]n2)c1. The molecule has 0 atom stereocenters. The van der Waals surface area contributed by atoms with Crippen molar-refractivity contribution in [2.24, 2.45) is 0 Å². The maximum absolute atomic E-state index is 4.39. The molecule has 3 heteroatoms. The first-order valence-corrected chi connectivity index (χ1v) is 6.40. The van der Waals surface area contributed by atoms with Crippen LogP contribution in [0, 0.1) is 0 Å². The van der Waals surface area contributed by atoms with E-state index in [1.165, 1.54) is 36.3 Å². The van der Waals surface area contributed by atoms with E-state index in [-0.39, 0.29) is 0 Å². The molecule has 0 aromatic carbocycles. The first-order chi connectivity index (χ1) is 7.43. The molecule has 0 spiro atoms. The van der Waals surface area contributed by atoms with Crippen LogP contribution in [0.15, 0.2) is 23.6 Å². The van der Waals surface area contributed by atoms with Gasteiger partial charge in [-0.2, -0.15) is 5.10 Å². The molecule has 2 heterocycles. The first-order valence-electron chi connectivity index (χ1n) is 5.52. The van der Waals surface area contributed by atoms with Crippen LogP contribution in [0.5, 0.6) is 0 Å². The Hall–Kier alpha value is -1.09. The van der Waals surface area contributed by atoms with Crippen molar-refractivity contribution in [1.82, 2.24) is 10.2 Å². The van der Waals surface area contributed by atoms with E-state index in [1.54, 1.807) is 11.3 Å². The summed E-state index contributed by atoms with van der Waals surface area (Å²) < 4.78 is 0. The topological polar surface area (TPSA) is 28.7 Å². The monoisotopic (exact) mass is 218 g/mol. The number of aromatic nitrogens is 2. The van der Waals surface area contributed by atoms with Crippen LogP contribution in [-0.4, -0.2) is 10.2 Å². The predicted molar refractivity (Wildman–Crippen MR) is 63.1 cm³/mol. The third kappa shape index (κ3) is 1.72. The van der Waals surface area contributed by atoms with Gasteiger partial charge in [-0.15, -0.1) is 11.3 Å². The fourth-order valence-corrected chi connectivity index (χ4v) is 3.02. The highest BCUT2D eigenvalue weighted by molar-refractivity contribution is 7.13. The maximum Gasteiger partial charge on any atom is 0.102 e. The van der Waals surface area contributed by atoms with Crippen molar-refractivity contribution in [3.05, 3.63) is 29.3 Å². The third-order valence-electron chi connectivity index (χ3n) is 3.17. The lowest BCUT2D eigenvalue weighted by Crippen LogP contribution is -1.91. The molecule has 1 N–H and O–H groups in total. The standard InChI is InChI=1S/C12H14N2S/c1-2-5-9(4-1)10-8-11(14-13-10)12-6-3-7-15-12/h3,6-9H,1-2,4-5H2,(H,13,14). The van der Waals surface area contributed by atoms with Crippen LogP contribution >= 0.6 is 11.3 Å². The highest BCUT2D eigenvalue weighted by Gasteiger charge is 2.19. The van der Waals surface area contributed by atoms with Gasteiger partial charge in [0.25, 0.3) is 0 Å². The molecule has 1 fully saturated rings. The van der Waals surface area contributed by atoms with E-state index in [0.29, 0.717) is 0 Å². The molecule has 0 aliphatic heterocycles. The lowest BCUT2D eigenvalue weighted by Gasteiger charge is -2.03. The number of rotatable bonds is 2. The Balaban J connectivity index is 1.87. The van der Waals surface area contributed by atoms with E-state index in [9.17, 15) is 0 Å². The number of H-pyrrole nitrogens is 1. The van der Waals surface area contributed by atoms with Gasteiger partial charge in [0, 0.05) is 11.6 Å². The summed E-state index contributed by atoms with van der Waals surface area (Å²) in [5, 5.41) is 9.68. The summed E-state index contributed by atoms with van der Waals surface area (Å²) in [5.74, 6) is 0.728. The molecule has 0 amide bonds. The maximum atomic E-state index is 4.39. The molecule has 2 nitrogen and oxygen atoms in total. The van der Waals surface area contributed by atoms with Crippen molar-refractivity contribution in [2.75, 3.05) is 0 Å². The Morgan fingerprint density at radius 1 is 1.33 bits per heavy atom. The van der Waals surface area contributed by atoms with E-state index in [4.69, 9.17) is 0 Å². The molecule has 2 aromatic heterocycles. The van der Waals surface area contributed by atoms with Gasteiger partial charge < -0.3 is 0 Å². The summed E-state index contributed by atoms with van der Waals surface area (Å²) in [7, 11) is 0. The van der Waals surface area contributed by atoms with Crippen molar-refractivity contribution < 1.29 is 0 Å². The highest BCUT2D eigenvalue weighted by Crippen LogP contribution is 2.34. The molecule has 1 aliphatic rings. The molecule has 0 bridgehead atoms. The minimum Gasteiger partial charge on any atom is -0.282 e. The lowest BCUT2D eigenvalue weighted by atomic mass is 10.0. The molecule has 1 aliphatic carbocycles. The van der Waals surface area contributed by atoms with Gasteiger partial charge in [-0.25, -0.2) is 0 Å². The molecule has 0 saturated heterocycles. The summed E-state index contributed by atoms with van der Waals surface area (Å²) >= 11 is 1.75. The van der Waals surface area contributed by atoms with E-state index in [1.807, 2.05) is 0 Å². The Morgan fingerprint density at radius 2 is 2.20 bits per heavy atom. The van der Waals surface area contributed by atoms with Gasteiger partial charge >= 0.3 is 0 Å². The number of hydrogen-bond acceptors (Lipinski definition) is 2. The largest absolute Gasteiger partial charge is 0.282 e. The van der Waals surface area contributed by atoms with Crippen LogP contribution in [0.1, 0.15) is 37.3 Å². The van der Waals surface area contributed by atoms with Gasteiger partial charge in [-0.1, -0.05) is 18.9 Å². The summed E-state index contributed by atoms with van der Waals surface area (Å²) in [5.41, 5.74) is 2.43. The normalized spacial score (nSPS) is 17.3. The lowest BCUT2D eigenvalue weighted by molar-refractivity contribution is 0.693. The van der Waals surface area contributed by atoms with Gasteiger partial charge in [0.05, 0.1) is 4.88 Å². The first kappa shape index (κ1) is 9.16. The number of thiophene rings is 1. The molecule has 0 unspecified atom stereocenters. The fraction of sp³-hybridized carbons (Fsp3) is 0.417. The number of nitrogens with one attached hydrogen (secondary N) is 1. The minimum atomic E-state index is 0.728. The van der Waals surface area contributed by atoms with E-state index < -0.39 is 0 Å². The van der Waals surface area contributed by atoms with Crippen molar-refractivity contribution in [3.63, 3.8) is 0 Å². The van der Waals surface area contributed by atoms with Crippen LogP contribution in [-0.2, 0) is 0 Å². The molecular weight excluding hydrogens is 204 g/mol. The Bertz CT molecular complexity index is 424. The zero-order valence-corrected chi connectivity index (χ0v) is 9.39. The van der Waals surface area contributed by atoms with Crippen molar-refractivity contribution >= 4 is 11.3 Å². The molecule has 15 heavy (non-hydrogen) atoms. The zero-order valence-electron chi connectivity index (χ0n) is 8.57. The van der Waals surface area contributed by atoms with Gasteiger partial charge in [-0.05, 0) is 30.4 Å². The molecular formula is C12H14N2S. The number of nitrogens with zero attached hydrogens (tertiary/aromatic N) is 1. The van der Waals surface area contributed by atoms with Gasteiger partial charge in [0.2, 0.25) is 0 Å². The third-order valence-corrected chi connectivity index (χ3v) is 4.06. The summed E-state index contributed by atoms with van der Waals surface area (Å²) in [6, 6.07) is 6.42. The number of hydrogen-bond donors (Lipinski definition) is 1. The summed E-state index contributed by atoms with van der Waals surface area (Å²) in [6.45, 7) is 0. The molecule has 2 aromatic rings. The second-order valence-electron chi connectivity index (χ2n) is 4.17. The Labute approximate surface area is 93.3 Å². The Morgan fingerprint density at radius 3 is 2.93 bits per heavy atom. The molecule has 1 saturated carbocycles. The van der Waals surface area contributed by atoms with Crippen LogP contribution in [0.2, 0.25) is 0 Å². The predicted octanol–water partition coefficient (Wildman–Crippen LogP) is 3.80. The van der Waals surface area contributed by atoms with E-state index in [0.717, 1.165) is 11.6 Å². The second kappa shape index (κ2) is 3.81. The van der Waals surface area contributed by atoms with Crippen LogP contribution < -0.4 is 0 Å². The molecule has 78 valence electrons. The van der Waals surface area contributed by atoms with Crippen LogP contribution in [0.4, 0.5) is 0 Å². The van der Waals surface area contributed by atoms with Crippen molar-refractivity contribution in [1.29, 1.82) is 0 Å².